The molecule has 1 heterocycles. The Labute approximate surface area is 186 Å². The quantitative estimate of drug-likeness (QED) is 0.231. The molecule has 1 aliphatic rings. The molecule has 1 unspecified atom stereocenters. The van der Waals surface area contributed by atoms with E-state index in [1.54, 1.807) is 0 Å². The van der Waals surface area contributed by atoms with Crippen LogP contribution in [0, 0.1) is 0 Å². The maximum absolute atomic E-state index is 12.3. The van der Waals surface area contributed by atoms with Crippen LogP contribution in [0.3, 0.4) is 0 Å². The van der Waals surface area contributed by atoms with Gasteiger partial charge < -0.3 is 26.8 Å². The van der Waals surface area contributed by atoms with E-state index in [0.29, 0.717) is 19.0 Å². The van der Waals surface area contributed by atoms with Gasteiger partial charge in [-0.3, -0.25) is 14.6 Å². The van der Waals surface area contributed by atoms with Crippen LogP contribution in [0.1, 0.15) is 25.8 Å². The molecular formula is C22H39N7O2. The lowest BCUT2D eigenvalue weighted by atomic mass is 10.1. The number of carbonyl (C=O) groups is 1. The van der Waals surface area contributed by atoms with Gasteiger partial charge in [0.2, 0.25) is 5.91 Å². The molecule has 174 valence electrons. The lowest BCUT2D eigenvalue weighted by Gasteiger charge is -2.38. The molecular weight excluding hydrogens is 394 g/mol. The minimum Gasteiger partial charge on any atom is -0.394 e. The number of amides is 1. The van der Waals surface area contributed by atoms with E-state index in [9.17, 15) is 9.90 Å². The van der Waals surface area contributed by atoms with E-state index in [2.05, 4.69) is 46.1 Å². The van der Waals surface area contributed by atoms with Crippen LogP contribution in [-0.2, 0) is 11.3 Å². The third-order valence-electron chi connectivity index (χ3n) is 5.70. The molecule has 0 bridgehead atoms. The summed E-state index contributed by atoms with van der Waals surface area (Å²) in [5, 5.41) is 12.6. The molecule has 2 rings (SSSR count). The van der Waals surface area contributed by atoms with Crippen LogP contribution < -0.4 is 16.8 Å². The molecule has 1 saturated heterocycles. The van der Waals surface area contributed by atoms with Gasteiger partial charge in [0.15, 0.2) is 5.96 Å². The highest BCUT2D eigenvalue weighted by molar-refractivity contribution is 5.82. The number of hydrogen-bond acceptors (Lipinski definition) is 6. The Balaban J connectivity index is 1.90. The highest BCUT2D eigenvalue weighted by Crippen LogP contribution is 2.17. The van der Waals surface area contributed by atoms with Crippen LogP contribution in [0.2, 0.25) is 0 Å². The van der Waals surface area contributed by atoms with Crippen molar-refractivity contribution in [1.29, 1.82) is 0 Å². The summed E-state index contributed by atoms with van der Waals surface area (Å²) in [5.41, 5.74) is 13.6. The monoisotopic (exact) mass is 433 g/mol. The first-order valence-corrected chi connectivity index (χ1v) is 11.1. The molecule has 1 aliphatic heterocycles. The van der Waals surface area contributed by atoms with Gasteiger partial charge in [-0.25, -0.2) is 4.99 Å². The van der Waals surface area contributed by atoms with Crippen LogP contribution in [0.25, 0.3) is 0 Å². The molecule has 0 spiro atoms. The molecule has 1 aromatic carbocycles. The van der Waals surface area contributed by atoms with Gasteiger partial charge in [0.1, 0.15) is 6.04 Å². The van der Waals surface area contributed by atoms with Gasteiger partial charge in [-0.15, -0.1) is 0 Å². The van der Waals surface area contributed by atoms with Crippen LogP contribution in [-0.4, -0.2) is 96.7 Å². The molecule has 1 amide bonds. The van der Waals surface area contributed by atoms with Gasteiger partial charge in [0, 0.05) is 52.4 Å². The first-order valence-electron chi connectivity index (χ1n) is 11.1. The number of aliphatic hydroxyl groups excluding tert-OH is 1. The number of nitrogens with two attached hydrogens (primary N) is 2. The van der Waals surface area contributed by atoms with Crippen LogP contribution in [0.4, 0.5) is 5.69 Å². The predicted molar refractivity (Wildman–Crippen MR) is 125 cm³/mol. The largest absolute Gasteiger partial charge is 0.394 e. The number of piperazine rings is 1. The van der Waals surface area contributed by atoms with E-state index in [-0.39, 0.29) is 18.6 Å². The van der Waals surface area contributed by atoms with Gasteiger partial charge in [-0.05, 0) is 44.5 Å². The summed E-state index contributed by atoms with van der Waals surface area (Å²) in [6, 6.07) is 7.90. The number of rotatable bonds is 10. The fourth-order valence-electron chi connectivity index (χ4n) is 3.49. The Kier molecular flexibility index (Phi) is 10.2. The lowest BCUT2D eigenvalue weighted by Crippen LogP contribution is -2.56. The fourth-order valence-corrected chi connectivity index (χ4v) is 3.49. The van der Waals surface area contributed by atoms with Crippen molar-refractivity contribution in [2.45, 2.75) is 38.9 Å². The second-order valence-electron chi connectivity index (χ2n) is 8.29. The minimum absolute atomic E-state index is 0.126. The summed E-state index contributed by atoms with van der Waals surface area (Å²) < 4.78 is 0. The van der Waals surface area contributed by atoms with Crippen LogP contribution in [0.15, 0.2) is 29.3 Å². The van der Waals surface area contributed by atoms with Gasteiger partial charge in [0.05, 0.1) is 12.3 Å². The molecule has 1 atom stereocenters. The summed E-state index contributed by atoms with van der Waals surface area (Å²) in [4.78, 5) is 23.2. The van der Waals surface area contributed by atoms with Gasteiger partial charge in [-0.2, -0.15) is 0 Å². The normalized spacial score (nSPS) is 17.0. The predicted octanol–water partition coefficient (Wildman–Crippen LogP) is -0.0835. The summed E-state index contributed by atoms with van der Waals surface area (Å²) in [7, 11) is 1.94. The van der Waals surface area contributed by atoms with Gasteiger partial charge >= 0.3 is 0 Å². The maximum Gasteiger partial charge on any atom is 0.239 e. The van der Waals surface area contributed by atoms with Gasteiger partial charge in [0.25, 0.3) is 0 Å². The fraction of sp³-hybridized carbons (Fsp3) is 0.636. The number of nitrogens with zero attached hydrogens (tertiary/aromatic N) is 4. The molecule has 6 N–H and O–H groups in total. The Bertz CT molecular complexity index is 718. The zero-order chi connectivity index (χ0) is 22.8. The van der Waals surface area contributed by atoms with Crippen molar-refractivity contribution >= 4 is 17.6 Å². The first kappa shape index (κ1) is 25.1. The molecule has 0 aliphatic carbocycles. The number of aliphatic imine (C=N–C) groups is 1. The van der Waals surface area contributed by atoms with E-state index in [0.717, 1.165) is 44.8 Å². The van der Waals surface area contributed by atoms with Crippen molar-refractivity contribution in [2.75, 3.05) is 52.9 Å². The summed E-state index contributed by atoms with van der Waals surface area (Å²) >= 11 is 0. The zero-order valence-corrected chi connectivity index (χ0v) is 19.1. The standard InChI is InChI=1S/C22H39N7O2/c1-17(2)27(3)22(24)26-19-7-4-6-18(14-19)15-28-10-12-29(13-11-28)20(16-30)21(31)25-9-5-8-23/h4,6-7,14,17,20,30H,5,8-13,15-16,23H2,1-3H3,(H2,24,26)(H,25,31). The third-order valence-corrected chi connectivity index (χ3v) is 5.70. The van der Waals surface area contributed by atoms with Crippen molar-refractivity contribution in [2.24, 2.45) is 16.5 Å². The van der Waals surface area contributed by atoms with Crippen molar-refractivity contribution in [3.8, 4) is 0 Å². The Morgan fingerprint density at radius 2 is 2.00 bits per heavy atom. The SMILES string of the molecule is CC(C)N(C)C(N)=Nc1cccc(CN2CCN(C(CO)C(=O)NCCCN)CC2)c1. The summed E-state index contributed by atoms with van der Waals surface area (Å²) in [5.74, 6) is 0.375. The second kappa shape index (κ2) is 12.6. The Morgan fingerprint density at radius 3 is 2.61 bits per heavy atom. The van der Waals surface area contributed by atoms with Crippen molar-refractivity contribution in [1.82, 2.24) is 20.0 Å². The molecule has 1 fully saturated rings. The Hall–Kier alpha value is -2.20. The van der Waals surface area contributed by atoms with E-state index in [1.165, 1.54) is 5.56 Å². The number of guanidine groups is 1. The number of aliphatic hydroxyl groups is 1. The van der Waals surface area contributed by atoms with E-state index < -0.39 is 6.04 Å². The van der Waals surface area contributed by atoms with Crippen molar-refractivity contribution in [3.05, 3.63) is 29.8 Å². The van der Waals surface area contributed by atoms with Crippen molar-refractivity contribution < 1.29 is 9.90 Å². The summed E-state index contributed by atoms with van der Waals surface area (Å²) in [6.07, 6.45) is 0.736. The minimum atomic E-state index is -0.501. The van der Waals surface area contributed by atoms with E-state index >= 15 is 0 Å². The molecule has 0 radical (unpaired) electrons. The van der Waals surface area contributed by atoms with E-state index in [4.69, 9.17) is 11.5 Å². The number of nitrogens with one attached hydrogen (secondary N) is 1. The zero-order valence-electron chi connectivity index (χ0n) is 19.1. The molecule has 0 aromatic heterocycles. The topological polar surface area (TPSA) is 123 Å². The van der Waals surface area contributed by atoms with Crippen LogP contribution in [0.5, 0.6) is 0 Å². The average Bonchev–Trinajstić information content (AvgIpc) is 2.75. The maximum atomic E-state index is 12.3. The van der Waals surface area contributed by atoms with E-state index in [1.807, 2.05) is 24.1 Å². The second-order valence-corrected chi connectivity index (χ2v) is 8.29. The first-order chi connectivity index (χ1) is 14.8. The van der Waals surface area contributed by atoms with Crippen LogP contribution >= 0.6 is 0 Å². The molecule has 31 heavy (non-hydrogen) atoms. The smallest absolute Gasteiger partial charge is 0.239 e. The molecule has 9 nitrogen and oxygen atoms in total. The highest BCUT2D eigenvalue weighted by Gasteiger charge is 2.28. The number of benzene rings is 1. The molecule has 9 heteroatoms. The third kappa shape index (κ3) is 7.77. The number of carbonyl (C=O) groups excluding carboxylic acids is 1. The molecule has 1 aromatic rings. The highest BCUT2D eigenvalue weighted by atomic mass is 16.3. The number of hydrogen-bond donors (Lipinski definition) is 4. The lowest BCUT2D eigenvalue weighted by molar-refractivity contribution is -0.128. The Morgan fingerprint density at radius 1 is 1.29 bits per heavy atom. The average molecular weight is 434 g/mol. The van der Waals surface area contributed by atoms with Crippen molar-refractivity contribution in [3.63, 3.8) is 0 Å². The molecule has 0 saturated carbocycles. The van der Waals surface area contributed by atoms with Gasteiger partial charge in [-0.1, -0.05) is 12.1 Å². The summed E-state index contributed by atoms with van der Waals surface area (Å²) in [6.45, 7) is 8.99.